The van der Waals surface area contributed by atoms with Crippen LogP contribution in [-0.4, -0.2) is 40.0 Å². The van der Waals surface area contributed by atoms with E-state index in [2.05, 4.69) is 31.7 Å². The topological polar surface area (TPSA) is 104 Å². The molecule has 0 aliphatic rings. The van der Waals surface area contributed by atoms with Crippen molar-refractivity contribution in [3.8, 4) is 0 Å². The van der Waals surface area contributed by atoms with Crippen molar-refractivity contribution in [2.75, 3.05) is 6.54 Å². The minimum absolute atomic E-state index is 0.221. The highest BCUT2D eigenvalue weighted by atomic mass is 79.9. The maximum absolute atomic E-state index is 12.6. The van der Waals surface area contributed by atoms with Crippen LogP contribution in [0.25, 0.3) is 10.9 Å². The molecule has 3 aromatic rings. The zero-order chi connectivity index (χ0) is 24.9. The molecule has 0 saturated heterocycles. The van der Waals surface area contributed by atoms with Crippen molar-refractivity contribution in [2.24, 2.45) is 0 Å². The van der Waals surface area contributed by atoms with E-state index in [0.717, 1.165) is 20.9 Å². The monoisotopic (exact) mass is 528 g/mol. The van der Waals surface area contributed by atoms with E-state index in [9.17, 15) is 14.4 Å². The molecular weight excluding hydrogens is 500 g/mol. The van der Waals surface area contributed by atoms with Crippen LogP contribution in [0.5, 0.6) is 0 Å². The van der Waals surface area contributed by atoms with Gasteiger partial charge in [-0.15, -0.1) is 0 Å². The standard InChI is InChI=1S/C25H29BrN4O4/c1-5-12-30(24(33)34-25(2,3)4)29-22(31)17-8-6-16(7-9-17)15-27-23(32)21-14-18-13-19(26)10-11-20(18)28-21/h6-11,13-14,28H,5,12,15H2,1-4H3,(H,27,32)(H,29,31). The van der Waals surface area contributed by atoms with Gasteiger partial charge in [-0.3, -0.25) is 15.0 Å². The van der Waals surface area contributed by atoms with Gasteiger partial charge in [-0.1, -0.05) is 35.0 Å². The van der Waals surface area contributed by atoms with E-state index < -0.39 is 17.6 Å². The summed E-state index contributed by atoms with van der Waals surface area (Å²) >= 11 is 3.43. The van der Waals surface area contributed by atoms with Gasteiger partial charge in [0.1, 0.15) is 11.3 Å². The molecule has 0 unspecified atom stereocenters. The number of rotatable bonds is 6. The van der Waals surface area contributed by atoms with Crippen LogP contribution in [0.3, 0.4) is 0 Å². The van der Waals surface area contributed by atoms with Gasteiger partial charge in [-0.25, -0.2) is 9.80 Å². The Morgan fingerprint density at radius 3 is 2.38 bits per heavy atom. The van der Waals surface area contributed by atoms with Crippen molar-refractivity contribution in [3.63, 3.8) is 0 Å². The molecule has 0 saturated carbocycles. The lowest BCUT2D eigenvalue weighted by Gasteiger charge is -2.27. The molecular formula is C25H29BrN4O4. The third-order valence-corrected chi connectivity index (χ3v) is 5.29. The maximum atomic E-state index is 12.6. The number of hydrogen-bond donors (Lipinski definition) is 3. The molecule has 0 aliphatic heterocycles. The Bertz CT molecular complexity index is 1180. The molecule has 8 nitrogen and oxygen atoms in total. The van der Waals surface area contributed by atoms with E-state index >= 15 is 0 Å². The normalized spacial score (nSPS) is 11.2. The van der Waals surface area contributed by atoms with Crippen LogP contribution in [0.2, 0.25) is 0 Å². The largest absolute Gasteiger partial charge is 0.442 e. The summed E-state index contributed by atoms with van der Waals surface area (Å²) in [6.07, 6.45) is 0.0533. The fraction of sp³-hybridized carbons (Fsp3) is 0.320. The van der Waals surface area contributed by atoms with Gasteiger partial charge in [0.05, 0.1) is 0 Å². The maximum Gasteiger partial charge on any atom is 0.429 e. The number of hydrazine groups is 1. The summed E-state index contributed by atoms with van der Waals surface area (Å²) in [4.78, 5) is 40.6. The van der Waals surface area contributed by atoms with Crippen LogP contribution in [0, 0.1) is 0 Å². The first-order valence-corrected chi connectivity index (χ1v) is 11.8. The van der Waals surface area contributed by atoms with Crippen molar-refractivity contribution >= 4 is 44.7 Å². The quantitative estimate of drug-likeness (QED) is 0.384. The van der Waals surface area contributed by atoms with E-state index in [-0.39, 0.29) is 5.91 Å². The number of aromatic nitrogens is 1. The summed E-state index contributed by atoms with van der Waals surface area (Å²) in [6, 6.07) is 14.4. The number of aromatic amines is 1. The lowest BCUT2D eigenvalue weighted by Crippen LogP contribution is -2.48. The highest BCUT2D eigenvalue weighted by Gasteiger charge is 2.23. The lowest BCUT2D eigenvalue weighted by atomic mass is 10.1. The molecule has 1 heterocycles. The van der Waals surface area contributed by atoms with Gasteiger partial charge in [0.2, 0.25) is 0 Å². The number of fused-ring (bicyclic) bond motifs is 1. The molecule has 0 atom stereocenters. The lowest BCUT2D eigenvalue weighted by molar-refractivity contribution is 0.0133. The Kier molecular flexibility index (Phi) is 7.98. The summed E-state index contributed by atoms with van der Waals surface area (Å²) in [7, 11) is 0. The first kappa shape index (κ1) is 25.3. The smallest absolute Gasteiger partial charge is 0.429 e. The van der Waals surface area contributed by atoms with E-state index in [0.29, 0.717) is 30.8 Å². The number of carbonyl (C=O) groups excluding carboxylic acids is 3. The first-order valence-electron chi connectivity index (χ1n) is 11.0. The number of H-pyrrole nitrogens is 1. The molecule has 180 valence electrons. The zero-order valence-electron chi connectivity index (χ0n) is 19.7. The summed E-state index contributed by atoms with van der Waals surface area (Å²) in [5.74, 6) is -0.638. The number of nitrogens with zero attached hydrogens (tertiary/aromatic N) is 1. The van der Waals surface area contributed by atoms with Crippen LogP contribution >= 0.6 is 15.9 Å². The van der Waals surface area contributed by atoms with Crippen LogP contribution < -0.4 is 10.7 Å². The van der Waals surface area contributed by atoms with Crippen LogP contribution in [0.15, 0.2) is 53.0 Å². The molecule has 2 aromatic carbocycles. The van der Waals surface area contributed by atoms with Crippen LogP contribution in [0.1, 0.15) is 60.5 Å². The highest BCUT2D eigenvalue weighted by Crippen LogP contribution is 2.20. The fourth-order valence-corrected chi connectivity index (χ4v) is 3.58. The minimum Gasteiger partial charge on any atom is -0.442 e. The zero-order valence-corrected chi connectivity index (χ0v) is 21.3. The third kappa shape index (κ3) is 6.84. The Morgan fingerprint density at radius 2 is 1.74 bits per heavy atom. The van der Waals surface area contributed by atoms with Gasteiger partial charge in [0.15, 0.2) is 0 Å². The van der Waals surface area contributed by atoms with Crippen LogP contribution in [0.4, 0.5) is 4.79 Å². The third-order valence-electron chi connectivity index (χ3n) is 4.79. The van der Waals surface area contributed by atoms with Gasteiger partial charge in [-0.2, -0.15) is 0 Å². The summed E-state index contributed by atoms with van der Waals surface area (Å²) in [5.41, 5.74) is 4.52. The molecule has 0 spiro atoms. The van der Waals surface area contributed by atoms with Gasteiger partial charge in [0, 0.05) is 34.0 Å². The van der Waals surface area contributed by atoms with Gasteiger partial charge in [-0.05, 0) is 69.2 Å². The molecule has 9 heteroatoms. The molecule has 1 aromatic heterocycles. The van der Waals surface area contributed by atoms with Crippen LogP contribution in [-0.2, 0) is 11.3 Å². The van der Waals surface area contributed by atoms with Crippen molar-refractivity contribution in [1.29, 1.82) is 0 Å². The number of ether oxygens (including phenoxy) is 1. The van der Waals surface area contributed by atoms with Gasteiger partial charge < -0.3 is 15.0 Å². The Labute approximate surface area is 207 Å². The van der Waals surface area contributed by atoms with Crippen molar-refractivity contribution in [3.05, 3.63) is 69.8 Å². The predicted octanol–water partition coefficient (Wildman–Crippen LogP) is 5.15. The number of carbonyl (C=O) groups is 3. The second-order valence-corrected chi connectivity index (χ2v) is 9.78. The predicted molar refractivity (Wildman–Crippen MR) is 134 cm³/mol. The number of nitrogens with one attached hydrogen (secondary N) is 3. The molecule has 3 rings (SSSR count). The van der Waals surface area contributed by atoms with E-state index in [4.69, 9.17) is 4.74 Å². The summed E-state index contributed by atoms with van der Waals surface area (Å²) in [5, 5.41) is 5.00. The molecule has 3 amide bonds. The molecule has 0 aliphatic carbocycles. The average Bonchev–Trinajstić information content (AvgIpc) is 3.19. The molecule has 34 heavy (non-hydrogen) atoms. The van der Waals surface area contributed by atoms with E-state index in [1.807, 2.05) is 25.1 Å². The molecule has 0 radical (unpaired) electrons. The average molecular weight is 529 g/mol. The first-order chi connectivity index (χ1) is 16.1. The molecule has 0 bridgehead atoms. The van der Waals surface area contributed by atoms with Gasteiger partial charge >= 0.3 is 6.09 Å². The number of amides is 3. The summed E-state index contributed by atoms with van der Waals surface area (Å²) in [6.45, 7) is 7.85. The Hall–Kier alpha value is -3.33. The van der Waals surface area contributed by atoms with Gasteiger partial charge in [0.25, 0.3) is 11.8 Å². The molecule has 3 N–H and O–H groups in total. The number of halogens is 1. The number of benzene rings is 2. The van der Waals surface area contributed by atoms with Crippen molar-refractivity contribution in [2.45, 2.75) is 46.3 Å². The number of hydrogen-bond acceptors (Lipinski definition) is 4. The fourth-order valence-electron chi connectivity index (χ4n) is 3.20. The van der Waals surface area contributed by atoms with Crippen molar-refractivity contribution < 1.29 is 19.1 Å². The highest BCUT2D eigenvalue weighted by molar-refractivity contribution is 9.10. The van der Waals surface area contributed by atoms with Crippen molar-refractivity contribution in [1.82, 2.24) is 20.7 Å². The van der Waals surface area contributed by atoms with E-state index in [1.165, 1.54) is 5.01 Å². The minimum atomic E-state index is -0.663. The second kappa shape index (κ2) is 10.7. The Balaban J connectivity index is 1.58. The van der Waals surface area contributed by atoms with E-state index in [1.54, 1.807) is 51.1 Å². The second-order valence-electron chi connectivity index (χ2n) is 8.87. The summed E-state index contributed by atoms with van der Waals surface area (Å²) < 4.78 is 6.29. The Morgan fingerprint density at radius 1 is 1.03 bits per heavy atom. The SMILES string of the molecule is CCCN(NC(=O)c1ccc(CNC(=O)c2cc3cc(Br)ccc3[nH]2)cc1)C(=O)OC(C)(C)C. The molecule has 0 fully saturated rings.